The van der Waals surface area contributed by atoms with Gasteiger partial charge in [-0.05, 0) is 83.5 Å². The van der Waals surface area contributed by atoms with E-state index in [4.69, 9.17) is 24.0 Å². The Morgan fingerprint density at radius 1 is 0.917 bits per heavy atom. The second-order valence-corrected chi connectivity index (χ2v) is 9.31. The molecule has 0 atom stereocenters. The number of rotatable bonds is 7. The van der Waals surface area contributed by atoms with Crippen LogP contribution < -0.4 is 9.47 Å². The zero-order valence-electron chi connectivity index (χ0n) is 21.5. The Bertz CT molecular complexity index is 1510. The zero-order valence-corrected chi connectivity index (χ0v) is 21.5. The maximum Gasteiger partial charge on any atom is 0.226 e. The van der Waals surface area contributed by atoms with Crippen LogP contribution in [0.2, 0.25) is 0 Å². The Morgan fingerprint density at radius 2 is 1.64 bits per heavy atom. The Morgan fingerprint density at radius 3 is 2.33 bits per heavy atom. The molecule has 0 radical (unpaired) electrons. The van der Waals surface area contributed by atoms with E-state index in [0.29, 0.717) is 17.5 Å². The molecule has 5 aromatic rings. The van der Waals surface area contributed by atoms with Crippen LogP contribution in [0.25, 0.3) is 28.2 Å². The number of hydrogen-bond acceptors (Lipinski definition) is 6. The lowest BCUT2D eigenvalue weighted by molar-refractivity contribution is 0.242. The highest BCUT2D eigenvalue weighted by Gasteiger charge is 2.17. The molecule has 0 saturated carbocycles. The summed E-state index contributed by atoms with van der Waals surface area (Å²) < 4.78 is 19.6. The molecule has 3 aromatic heterocycles. The van der Waals surface area contributed by atoms with E-state index in [9.17, 15) is 0 Å². The van der Waals surface area contributed by atoms with E-state index < -0.39 is 0 Å². The molecule has 7 nitrogen and oxygen atoms in total. The highest BCUT2D eigenvalue weighted by atomic mass is 16.5. The fraction of sp³-hybridized carbons (Fsp3) is 0.276. The molecular formula is C29H30N4O3. The molecule has 7 heteroatoms. The predicted molar refractivity (Wildman–Crippen MR) is 140 cm³/mol. The van der Waals surface area contributed by atoms with Crippen molar-refractivity contribution in [1.82, 2.24) is 19.7 Å². The van der Waals surface area contributed by atoms with Crippen molar-refractivity contribution >= 4 is 11.0 Å². The maximum absolute atomic E-state index is 6.10. The van der Waals surface area contributed by atoms with Gasteiger partial charge in [-0.15, -0.1) is 0 Å². The molecule has 2 aromatic carbocycles. The van der Waals surface area contributed by atoms with Crippen LogP contribution in [-0.2, 0) is 6.61 Å². The molecule has 0 aliphatic rings. The summed E-state index contributed by atoms with van der Waals surface area (Å²) in [6, 6.07) is 17.9. The minimum atomic E-state index is 0.125. The fourth-order valence-electron chi connectivity index (χ4n) is 4.19. The van der Waals surface area contributed by atoms with Crippen LogP contribution in [0, 0.1) is 27.7 Å². The average Bonchev–Trinajstić information content (AvgIpc) is 3.38. The van der Waals surface area contributed by atoms with Gasteiger partial charge < -0.3 is 13.9 Å². The van der Waals surface area contributed by atoms with E-state index in [1.807, 2.05) is 74.8 Å². The average molecular weight is 483 g/mol. The molecule has 36 heavy (non-hydrogen) atoms. The van der Waals surface area contributed by atoms with Gasteiger partial charge in [0, 0.05) is 17.0 Å². The first kappa shape index (κ1) is 23.6. The van der Waals surface area contributed by atoms with Gasteiger partial charge in [0.25, 0.3) is 0 Å². The largest absolute Gasteiger partial charge is 0.491 e. The summed E-state index contributed by atoms with van der Waals surface area (Å²) >= 11 is 0. The van der Waals surface area contributed by atoms with Gasteiger partial charge in [-0.25, -0.2) is 9.67 Å². The Hall–Kier alpha value is -4.13. The van der Waals surface area contributed by atoms with E-state index in [1.165, 1.54) is 5.56 Å². The zero-order chi connectivity index (χ0) is 25.4. The van der Waals surface area contributed by atoms with E-state index in [1.54, 1.807) is 0 Å². The van der Waals surface area contributed by atoms with Crippen molar-refractivity contribution in [3.63, 3.8) is 0 Å². The smallest absolute Gasteiger partial charge is 0.226 e. The predicted octanol–water partition coefficient (Wildman–Crippen LogP) is 6.68. The lowest BCUT2D eigenvalue weighted by atomic mass is 10.1. The molecule has 5 rings (SSSR count). The van der Waals surface area contributed by atoms with Crippen LogP contribution in [0.15, 0.2) is 59.0 Å². The molecule has 0 aliphatic heterocycles. The highest BCUT2D eigenvalue weighted by molar-refractivity contribution is 5.84. The lowest BCUT2D eigenvalue weighted by Gasteiger charge is -2.09. The molecule has 0 N–H and O–H groups in total. The molecule has 0 spiro atoms. The Kier molecular flexibility index (Phi) is 6.22. The quantitative estimate of drug-likeness (QED) is 0.258. The Balaban J connectivity index is 1.39. The third-order valence-corrected chi connectivity index (χ3v) is 5.99. The van der Waals surface area contributed by atoms with Gasteiger partial charge >= 0.3 is 0 Å². The molecule has 0 saturated heterocycles. The lowest BCUT2D eigenvalue weighted by Crippen LogP contribution is -2.05. The number of oxazole rings is 1. The summed E-state index contributed by atoms with van der Waals surface area (Å²) in [5.41, 5.74) is 6.54. The number of fused-ring (bicyclic) bond motifs is 1. The minimum absolute atomic E-state index is 0.125. The number of pyridine rings is 1. The van der Waals surface area contributed by atoms with Crippen molar-refractivity contribution in [3.05, 3.63) is 82.9 Å². The van der Waals surface area contributed by atoms with Crippen LogP contribution >= 0.6 is 0 Å². The van der Waals surface area contributed by atoms with E-state index in [0.717, 1.165) is 45.0 Å². The first-order valence-electron chi connectivity index (χ1n) is 12.1. The molecule has 0 bridgehead atoms. The van der Waals surface area contributed by atoms with Gasteiger partial charge in [0.15, 0.2) is 5.65 Å². The third-order valence-electron chi connectivity index (χ3n) is 5.99. The maximum atomic E-state index is 6.10. The van der Waals surface area contributed by atoms with Crippen molar-refractivity contribution in [3.8, 4) is 28.8 Å². The second-order valence-electron chi connectivity index (χ2n) is 9.31. The van der Waals surface area contributed by atoms with Crippen molar-refractivity contribution in [2.24, 2.45) is 0 Å². The van der Waals surface area contributed by atoms with Gasteiger partial charge in [-0.2, -0.15) is 10.1 Å². The summed E-state index contributed by atoms with van der Waals surface area (Å²) in [7, 11) is 0. The summed E-state index contributed by atoms with van der Waals surface area (Å²) in [6.07, 6.45) is 0.125. The summed E-state index contributed by atoms with van der Waals surface area (Å²) in [5, 5.41) is 5.78. The third kappa shape index (κ3) is 4.69. The summed E-state index contributed by atoms with van der Waals surface area (Å²) in [6.45, 7) is 12.3. The second kappa shape index (κ2) is 9.49. The van der Waals surface area contributed by atoms with Crippen molar-refractivity contribution in [1.29, 1.82) is 0 Å². The van der Waals surface area contributed by atoms with Crippen molar-refractivity contribution in [2.75, 3.05) is 0 Å². The molecular weight excluding hydrogens is 452 g/mol. The molecule has 0 fully saturated rings. The van der Waals surface area contributed by atoms with Crippen LogP contribution in [0.1, 0.15) is 42.1 Å². The molecule has 184 valence electrons. The first-order valence-corrected chi connectivity index (χ1v) is 12.1. The van der Waals surface area contributed by atoms with Crippen LogP contribution in [0.5, 0.6) is 11.6 Å². The van der Waals surface area contributed by atoms with Gasteiger partial charge in [0.2, 0.25) is 11.8 Å². The molecule has 0 aliphatic carbocycles. The first-order chi connectivity index (χ1) is 17.3. The van der Waals surface area contributed by atoms with E-state index in [-0.39, 0.29) is 12.7 Å². The monoisotopic (exact) mass is 482 g/mol. The van der Waals surface area contributed by atoms with E-state index in [2.05, 4.69) is 31.0 Å². The van der Waals surface area contributed by atoms with Gasteiger partial charge in [-0.1, -0.05) is 17.7 Å². The number of hydrogen-bond donors (Lipinski definition) is 0. The standard InChI is InChI=1S/C29H30N4O3/c1-17(2)35-24-13-9-22(10-14-24)29-30-25(21(6)36-29)16-34-26-15-19(4)27-20(5)32-33(28(27)31-26)23-11-7-18(3)8-12-23/h7-15,17H,16H2,1-6H3. The van der Waals surface area contributed by atoms with Gasteiger partial charge in [0.1, 0.15) is 23.8 Å². The number of aryl methyl sites for hydroxylation is 4. The normalized spacial score (nSPS) is 11.4. The molecule has 3 heterocycles. The topological polar surface area (TPSA) is 75.2 Å². The van der Waals surface area contributed by atoms with Crippen molar-refractivity contribution < 1.29 is 13.9 Å². The van der Waals surface area contributed by atoms with Gasteiger partial charge in [0.05, 0.1) is 17.5 Å². The van der Waals surface area contributed by atoms with Crippen LogP contribution in [0.4, 0.5) is 0 Å². The minimum Gasteiger partial charge on any atom is -0.491 e. The molecule has 0 amide bonds. The van der Waals surface area contributed by atoms with E-state index >= 15 is 0 Å². The number of nitrogens with zero attached hydrogens (tertiary/aromatic N) is 4. The summed E-state index contributed by atoms with van der Waals surface area (Å²) in [5.74, 6) is 2.60. The van der Waals surface area contributed by atoms with Gasteiger partial charge in [-0.3, -0.25) is 0 Å². The number of benzene rings is 2. The Labute approximate surface area is 210 Å². The van der Waals surface area contributed by atoms with Crippen LogP contribution in [0.3, 0.4) is 0 Å². The van der Waals surface area contributed by atoms with Crippen molar-refractivity contribution in [2.45, 2.75) is 54.3 Å². The SMILES string of the molecule is Cc1ccc(-n2nc(C)c3c(C)cc(OCc4nc(-c5ccc(OC(C)C)cc5)oc4C)nc32)cc1. The fourth-order valence-corrected chi connectivity index (χ4v) is 4.19. The number of ether oxygens (including phenoxy) is 2. The number of aromatic nitrogens is 4. The summed E-state index contributed by atoms with van der Waals surface area (Å²) in [4.78, 5) is 9.47. The van der Waals surface area contributed by atoms with Crippen LogP contribution in [-0.4, -0.2) is 25.9 Å². The highest BCUT2D eigenvalue weighted by Crippen LogP contribution is 2.28. The molecule has 0 unspecified atom stereocenters.